The number of carbonyl (C=O) groups is 1. The van der Waals surface area contributed by atoms with Gasteiger partial charge in [-0.1, -0.05) is 30.3 Å². The fraction of sp³-hybridized carbons (Fsp3) is 0.188. The maximum Gasteiger partial charge on any atom is 0.285 e. The molecule has 0 radical (unpaired) electrons. The third-order valence-corrected chi connectivity index (χ3v) is 4.27. The van der Waals surface area contributed by atoms with Crippen molar-refractivity contribution in [1.82, 2.24) is 19.3 Å². The van der Waals surface area contributed by atoms with Gasteiger partial charge in [-0.05, 0) is 19.4 Å². The van der Waals surface area contributed by atoms with Crippen LogP contribution in [0.5, 0.6) is 0 Å². The molecule has 2 N–H and O–H groups in total. The topological polar surface area (TPSA) is 113 Å². The van der Waals surface area contributed by atoms with Crippen molar-refractivity contribution in [3.8, 4) is 11.1 Å². The van der Waals surface area contributed by atoms with Crippen molar-refractivity contribution in [3.63, 3.8) is 0 Å². The first-order valence-corrected chi connectivity index (χ1v) is 9.27. The van der Waals surface area contributed by atoms with Crippen molar-refractivity contribution in [3.05, 3.63) is 57.6 Å². The van der Waals surface area contributed by atoms with Gasteiger partial charge in [0.25, 0.3) is 11.5 Å². The summed E-state index contributed by atoms with van der Waals surface area (Å²) in [6.45, 7) is 3.29. The van der Waals surface area contributed by atoms with Crippen LogP contribution >= 0.6 is 0 Å². The minimum Gasteiger partial charge on any atom is -0.293 e. The molecule has 0 spiro atoms. The lowest BCUT2D eigenvalue weighted by atomic mass is 10.1. The fourth-order valence-electron chi connectivity index (χ4n) is 2.72. The fourth-order valence-corrected chi connectivity index (χ4v) is 3.16. The van der Waals surface area contributed by atoms with E-state index in [0.29, 0.717) is 11.3 Å². The zero-order chi connectivity index (χ0) is 18.4. The number of nitrogens with one attached hydrogen (secondary N) is 2. The molecule has 2 aromatic heterocycles. The van der Waals surface area contributed by atoms with Crippen LogP contribution in [0.4, 0.5) is 0 Å². The molecule has 8 nitrogen and oxygen atoms in total. The Morgan fingerprint density at radius 1 is 1.20 bits per heavy atom. The molecule has 3 aromatic rings. The van der Waals surface area contributed by atoms with E-state index < -0.39 is 21.5 Å². The van der Waals surface area contributed by atoms with Gasteiger partial charge in [0, 0.05) is 11.3 Å². The predicted octanol–water partition coefficient (Wildman–Crippen LogP) is 0.996. The summed E-state index contributed by atoms with van der Waals surface area (Å²) in [6.07, 6.45) is 0.843. The van der Waals surface area contributed by atoms with Crippen molar-refractivity contribution in [2.75, 3.05) is 6.26 Å². The lowest BCUT2D eigenvalue weighted by Crippen LogP contribution is -2.36. The summed E-state index contributed by atoms with van der Waals surface area (Å²) in [5.74, 6) is -1.000. The predicted molar refractivity (Wildman–Crippen MR) is 93.0 cm³/mol. The number of aromatic amines is 1. The van der Waals surface area contributed by atoms with Crippen LogP contribution in [0.1, 0.15) is 21.7 Å². The van der Waals surface area contributed by atoms with Crippen LogP contribution in [-0.2, 0) is 10.0 Å². The Hall–Kier alpha value is -2.94. The highest BCUT2D eigenvalue weighted by Gasteiger charge is 2.23. The molecule has 1 amide bonds. The number of benzene rings is 1. The highest BCUT2D eigenvalue weighted by atomic mass is 32.2. The number of rotatable bonds is 3. The molecule has 2 heterocycles. The molecular weight excluding hydrogens is 344 g/mol. The summed E-state index contributed by atoms with van der Waals surface area (Å²) in [6, 6.07) is 9.41. The Morgan fingerprint density at radius 3 is 2.44 bits per heavy atom. The zero-order valence-corrected chi connectivity index (χ0v) is 14.6. The molecule has 25 heavy (non-hydrogen) atoms. The summed E-state index contributed by atoms with van der Waals surface area (Å²) >= 11 is 0. The molecular formula is C16H16N4O4S. The summed E-state index contributed by atoms with van der Waals surface area (Å²) in [7, 11) is -3.79. The second kappa shape index (κ2) is 5.85. The summed E-state index contributed by atoms with van der Waals surface area (Å²) in [5, 5.41) is 2.89. The summed E-state index contributed by atoms with van der Waals surface area (Å²) < 4.78 is 25.5. The first kappa shape index (κ1) is 16.9. The molecule has 0 fully saturated rings. The molecule has 0 aliphatic rings. The minimum absolute atomic E-state index is 0.155. The Labute approximate surface area is 143 Å². The van der Waals surface area contributed by atoms with Crippen LogP contribution < -0.4 is 10.3 Å². The van der Waals surface area contributed by atoms with E-state index in [1.54, 1.807) is 11.6 Å². The van der Waals surface area contributed by atoms with E-state index in [-0.39, 0.29) is 11.3 Å². The van der Waals surface area contributed by atoms with Gasteiger partial charge in [0.1, 0.15) is 5.56 Å². The quantitative estimate of drug-likeness (QED) is 0.723. The van der Waals surface area contributed by atoms with Gasteiger partial charge in [-0.15, -0.1) is 0 Å². The lowest BCUT2D eigenvalue weighted by molar-refractivity contribution is 0.0979. The first-order valence-electron chi connectivity index (χ1n) is 7.38. The number of H-pyrrole nitrogens is 1. The Morgan fingerprint density at radius 2 is 1.84 bits per heavy atom. The SMILES string of the molecule is Cc1nc2c(-c3ccccc3)c(C)[nH]n2c(=O)c1C(=O)NS(C)(=O)=O. The number of nitrogens with zero attached hydrogens (tertiary/aromatic N) is 2. The number of hydrogen-bond donors (Lipinski definition) is 2. The van der Waals surface area contributed by atoms with E-state index >= 15 is 0 Å². The molecule has 0 saturated carbocycles. The van der Waals surface area contributed by atoms with Crippen molar-refractivity contribution in [2.24, 2.45) is 0 Å². The molecule has 0 bridgehead atoms. The van der Waals surface area contributed by atoms with Crippen molar-refractivity contribution < 1.29 is 13.2 Å². The Kier molecular flexibility index (Phi) is 3.96. The van der Waals surface area contributed by atoms with Gasteiger partial charge in [0.15, 0.2) is 5.65 Å². The Bertz CT molecular complexity index is 1140. The van der Waals surface area contributed by atoms with Crippen LogP contribution in [0.25, 0.3) is 16.8 Å². The highest BCUT2D eigenvalue weighted by molar-refractivity contribution is 7.89. The number of carbonyl (C=O) groups excluding carboxylic acids is 1. The van der Waals surface area contributed by atoms with Gasteiger partial charge < -0.3 is 0 Å². The molecule has 0 aliphatic heterocycles. The molecule has 9 heteroatoms. The van der Waals surface area contributed by atoms with E-state index in [9.17, 15) is 18.0 Å². The molecule has 0 unspecified atom stereocenters. The van der Waals surface area contributed by atoms with Gasteiger partial charge in [-0.2, -0.15) is 0 Å². The number of amides is 1. The normalized spacial score (nSPS) is 11.6. The summed E-state index contributed by atoms with van der Waals surface area (Å²) in [4.78, 5) is 29.2. The van der Waals surface area contributed by atoms with Crippen LogP contribution in [0.3, 0.4) is 0 Å². The van der Waals surface area contributed by atoms with E-state index in [4.69, 9.17) is 0 Å². The number of fused-ring (bicyclic) bond motifs is 1. The van der Waals surface area contributed by atoms with Gasteiger partial charge in [0.2, 0.25) is 10.0 Å². The lowest BCUT2D eigenvalue weighted by Gasteiger charge is -2.06. The van der Waals surface area contributed by atoms with Gasteiger partial charge in [-0.25, -0.2) is 22.6 Å². The minimum atomic E-state index is -3.79. The highest BCUT2D eigenvalue weighted by Crippen LogP contribution is 2.26. The molecule has 0 saturated heterocycles. The average molecular weight is 360 g/mol. The van der Waals surface area contributed by atoms with Gasteiger partial charge in [-0.3, -0.25) is 14.7 Å². The first-order chi connectivity index (χ1) is 11.7. The van der Waals surface area contributed by atoms with Crippen molar-refractivity contribution in [2.45, 2.75) is 13.8 Å². The summed E-state index contributed by atoms with van der Waals surface area (Å²) in [5.41, 5.74) is 1.88. The van der Waals surface area contributed by atoms with Crippen LogP contribution in [0, 0.1) is 13.8 Å². The van der Waals surface area contributed by atoms with Crippen molar-refractivity contribution >= 4 is 21.6 Å². The van der Waals surface area contributed by atoms with Gasteiger partial charge >= 0.3 is 0 Å². The zero-order valence-electron chi connectivity index (χ0n) is 13.8. The van der Waals surface area contributed by atoms with Crippen LogP contribution in [-0.4, -0.2) is 35.2 Å². The second-order valence-corrected chi connectivity index (χ2v) is 7.47. The average Bonchev–Trinajstić information content (AvgIpc) is 2.83. The van der Waals surface area contributed by atoms with E-state index in [1.165, 1.54) is 6.92 Å². The van der Waals surface area contributed by atoms with E-state index in [0.717, 1.165) is 21.9 Å². The standard InChI is InChI=1S/C16H16N4O4S/c1-9-13(15(21)19-25(3,23)24)16(22)20-14(17-9)12(10(2)18-20)11-7-5-4-6-8-11/h4-8,18H,1-3H3,(H,19,21). The third-order valence-electron chi connectivity index (χ3n) is 3.71. The largest absolute Gasteiger partial charge is 0.293 e. The number of aryl methyl sites for hydroxylation is 2. The molecule has 0 aliphatic carbocycles. The Balaban J connectivity index is 2.27. The molecule has 0 atom stereocenters. The smallest absolute Gasteiger partial charge is 0.285 e. The second-order valence-electron chi connectivity index (χ2n) is 5.72. The molecule has 3 rings (SSSR count). The van der Waals surface area contributed by atoms with Gasteiger partial charge in [0.05, 0.1) is 11.9 Å². The maximum atomic E-state index is 12.7. The van der Waals surface area contributed by atoms with E-state index in [2.05, 4.69) is 10.1 Å². The molecule has 130 valence electrons. The van der Waals surface area contributed by atoms with Crippen molar-refractivity contribution in [1.29, 1.82) is 0 Å². The van der Waals surface area contributed by atoms with Crippen LogP contribution in [0.15, 0.2) is 35.1 Å². The number of aromatic nitrogens is 3. The molecule has 1 aromatic carbocycles. The number of hydrogen-bond acceptors (Lipinski definition) is 5. The number of sulfonamides is 1. The van der Waals surface area contributed by atoms with Crippen LogP contribution in [0.2, 0.25) is 0 Å². The monoisotopic (exact) mass is 360 g/mol. The maximum absolute atomic E-state index is 12.7. The van der Waals surface area contributed by atoms with E-state index in [1.807, 2.05) is 30.3 Å². The third kappa shape index (κ3) is 3.05.